The van der Waals surface area contributed by atoms with Crippen molar-refractivity contribution in [3.05, 3.63) is 65.7 Å². The number of hydrogen-bond acceptors (Lipinski definition) is 3. The van der Waals surface area contributed by atoms with E-state index in [1.165, 1.54) is 10.5 Å². The highest BCUT2D eigenvalue weighted by atomic mass is 16.5. The lowest BCUT2D eigenvalue weighted by Gasteiger charge is -2.32. The van der Waals surface area contributed by atoms with Gasteiger partial charge in [0, 0.05) is 27.2 Å². The van der Waals surface area contributed by atoms with Gasteiger partial charge in [-0.25, -0.2) is 0 Å². The lowest BCUT2D eigenvalue weighted by Crippen LogP contribution is -2.39. The van der Waals surface area contributed by atoms with Gasteiger partial charge in [-0.15, -0.1) is 0 Å². The molecule has 2 amide bonds. The fraction of sp³-hybridized carbons (Fsp3) is 0.391. The number of likely N-dealkylation sites (N-methyl/N-ethyl adjacent to an activating group) is 1. The van der Waals surface area contributed by atoms with Crippen molar-refractivity contribution in [2.24, 2.45) is 5.92 Å². The molecule has 0 N–H and O–H groups in total. The standard InChI is InChI=1S/C23H28N2O3/c1-24(2)22(26)17-28-21-11-7-6-10-20(21)23(27)25-14-12-19(13-15-25)16-18-8-4-3-5-9-18/h3-11,19H,12-17H2,1-2H3. The van der Waals surface area contributed by atoms with Gasteiger partial charge in [0.2, 0.25) is 0 Å². The largest absolute Gasteiger partial charge is 0.483 e. The Morgan fingerprint density at radius 3 is 2.32 bits per heavy atom. The summed E-state index contributed by atoms with van der Waals surface area (Å²) in [5, 5.41) is 0. The third-order valence-electron chi connectivity index (χ3n) is 5.24. The van der Waals surface area contributed by atoms with Crippen molar-refractivity contribution < 1.29 is 14.3 Å². The maximum Gasteiger partial charge on any atom is 0.259 e. The third kappa shape index (κ3) is 5.12. The van der Waals surface area contributed by atoms with Crippen LogP contribution in [-0.4, -0.2) is 55.4 Å². The highest BCUT2D eigenvalue weighted by Gasteiger charge is 2.25. The van der Waals surface area contributed by atoms with Crippen LogP contribution in [0.4, 0.5) is 0 Å². The van der Waals surface area contributed by atoms with Crippen molar-refractivity contribution in [2.45, 2.75) is 19.3 Å². The van der Waals surface area contributed by atoms with Crippen molar-refractivity contribution >= 4 is 11.8 Å². The number of piperidine rings is 1. The number of para-hydroxylation sites is 1. The van der Waals surface area contributed by atoms with Gasteiger partial charge in [0.1, 0.15) is 5.75 Å². The first-order chi connectivity index (χ1) is 13.5. The van der Waals surface area contributed by atoms with Crippen molar-refractivity contribution in [1.82, 2.24) is 9.80 Å². The highest BCUT2D eigenvalue weighted by molar-refractivity contribution is 5.97. The van der Waals surface area contributed by atoms with Crippen LogP contribution in [0, 0.1) is 5.92 Å². The van der Waals surface area contributed by atoms with Gasteiger partial charge in [-0.05, 0) is 42.9 Å². The normalized spacial score (nSPS) is 14.6. The lowest BCUT2D eigenvalue weighted by molar-refractivity contribution is -0.130. The lowest BCUT2D eigenvalue weighted by atomic mass is 9.90. The van der Waals surface area contributed by atoms with Gasteiger partial charge in [-0.3, -0.25) is 9.59 Å². The molecular weight excluding hydrogens is 352 g/mol. The van der Waals surface area contributed by atoms with Crippen LogP contribution in [-0.2, 0) is 11.2 Å². The summed E-state index contributed by atoms with van der Waals surface area (Å²) in [6, 6.07) is 17.7. The third-order valence-corrected chi connectivity index (χ3v) is 5.24. The second-order valence-electron chi connectivity index (χ2n) is 7.50. The number of benzene rings is 2. The number of nitrogens with zero attached hydrogens (tertiary/aromatic N) is 2. The van der Waals surface area contributed by atoms with E-state index in [-0.39, 0.29) is 18.4 Å². The monoisotopic (exact) mass is 380 g/mol. The minimum atomic E-state index is -0.135. The number of carbonyl (C=O) groups is 2. The Bertz CT molecular complexity index is 797. The summed E-state index contributed by atoms with van der Waals surface area (Å²) < 4.78 is 5.63. The second-order valence-corrected chi connectivity index (χ2v) is 7.50. The minimum absolute atomic E-state index is 0.0222. The molecule has 1 fully saturated rings. The van der Waals surface area contributed by atoms with Crippen LogP contribution < -0.4 is 4.74 Å². The summed E-state index contributed by atoms with van der Waals surface area (Å²) in [7, 11) is 3.37. The van der Waals surface area contributed by atoms with E-state index in [2.05, 4.69) is 24.3 Å². The van der Waals surface area contributed by atoms with Gasteiger partial charge in [0.25, 0.3) is 11.8 Å². The summed E-state index contributed by atoms with van der Waals surface area (Å²) in [5.41, 5.74) is 1.88. The second kappa shape index (κ2) is 9.40. The van der Waals surface area contributed by atoms with Crippen LogP contribution in [0.3, 0.4) is 0 Å². The van der Waals surface area contributed by atoms with Crippen molar-refractivity contribution in [1.29, 1.82) is 0 Å². The fourth-order valence-corrected chi connectivity index (χ4v) is 3.50. The van der Waals surface area contributed by atoms with Crippen molar-refractivity contribution in [3.8, 4) is 5.75 Å². The Balaban J connectivity index is 1.58. The average Bonchev–Trinajstić information content (AvgIpc) is 2.73. The molecule has 3 rings (SSSR count). The highest BCUT2D eigenvalue weighted by Crippen LogP contribution is 2.25. The number of amides is 2. The number of hydrogen-bond donors (Lipinski definition) is 0. The molecule has 1 aliphatic heterocycles. The summed E-state index contributed by atoms with van der Waals surface area (Å²) in [4.78, 5) is 28.2. The zero-order valence-corrected chi connectivity index (χ0v) is 16.6. The van der Waals surface area contributed by atoms with Crippen LogP contribution >= 0.6 is 0 Å². The Kier molecular flexibility index (Phi) is 6.69. The van der Waals surface area contributed by atoms with Crippen LogP contribution in [0.2, 0.25) is 0 Å². The number of ether oxygens (including phenoxy) is 1. The Morgan fingerprint density at radius 2 is 1.64 bits per heavy atom. The molecule has 0 unspecified atom stereocenters. The molecule has 1 heterocycles. The molecule has 0 spiro atoms. The molecule has 148 valence electrons. The first kappa shape index (κ1) is 19.9. The first-order valence-corrected chi connectivity index (χ1v) is 9.80. The molecule has 2 aromatic rings. The molecular formula is C23H28N2O3. The molecule has 0 saturated carbocycles. The van der Waals surface area contributed by atoms with Crippen molar-refractivity contribution in [2.75, 3.05) is 33.8 Å². The Hall–Kier alpha value is -2.82. The topological polar surface area (TPSA) is 49.9 Å². The molecule has 0 atom stereocenters. The summed E-state index contributed by atoms with van der Waals surface area (Å²) in [6.45, 7) is 1.43. The van der Waals surface area contributed by atoms with E-state index in [0.717, 1.165) is 32.4 Å². The number of likely N-dealkylation sites (tertiary alicyclic amines) is 1. The van der Waals surface area contributed by atoms with Crippen LogP contribution in [0.1, 0.15) is 28.8 Å². The Morgan fingerprint density at radius 1 is 1.00 bits per heavy atom. The van der Waals surface area contributed by atoms with Crippen LogP contribution in [0.5, 0.6) is 5.75 Å². The smallest absolute Gasteiger partial charge is 0.259 e. The molecule has 28 heavy (non-hydrogen) atoms. The summed E-state index contributed by atoms with van der Waals surface area (Å²) in [6.07, 6.45) is 3.07. The fourth-order valence-electron chi connectivity index (χ4n) is 3.50. The van der Waals surface area contributed by atoms with E-state index < -0.39 is 0 Å². The number of carbonyl (C=O) groups excluding carboxylic acids is 2. The van der Waals surface area contributed by atoms with Gasteiger partial charge < -0.3 is 14.5 Å². The summed E-state index contributed by atoms with van der Waals surface area (Å²) in [5.74, 6) is 0.916. The van der Waals surface area contributed by atoms with Gasteiger partial charge in [-0.1, -0.05) is 42.5 Å². The van der Waals surface area contributed by atoms with Gasteiger partial charge in [0.05, 0.1) is 5.56 Å². The van der Waals surface area contributed by atoms with Crippen LogP contribution in [0.25, 0.3) is 0 Å². The molecule has 5 nitrogen and oxygen atoms in total. The molecule has 0 bridgehead atoms. The molecule has 0 radical (unpaired) electrons. The van der Waals surface area contributed by atoms with E-state index in [1.807, 2.05) is 23.1 Å². The quantitative estimate of drug-likeness (QED) is 0.773. The SMILES string of the molecule is CN(C)C(=O)COc1ccccc1C(=O)N1CCC(Cc2ccccc2)CC1. The van der Waals surface area contributed by atoms with E-state index in [1.54, 1.807) is 26.2 Å². The van der Waals surface area contributed by atoms with E-state index in [9.17, 15) is 9.59 Å². The average molecular weight is 380 g/mol. The molecule has 2 aromatic carbocycles. The van der Waals surface area contributed by atoms with E-state index in [4.69, 9.17) is 4.74 Å². The summed E-state index contributed by atoms with van der Waals surface area (Å²) >= 11 is 0. The zero-order valence-electron chi connectivity index (χ0n) is 16.6. The maximum atomic E-state index is 13.0. The van der Waals surface area contributed by atoms with Gasteiger partial charge in [0.15, 0.2) is 6.61 Å². The van der Waals surface area contributed by atoms with Gasteiger partial charge in [-0.2, -0.15) is 0 Å². The minimum Gasteiger partial charge on any atom is -0.483 e. The zero-order chi connectivity index (χ0) is 19.9. The first-order valence-electron chi connectivity index (χ1n) is 9.80. The molecule has 0 aromatic heterocycles. The predicted molar refractivity (Wildman–Crippen MR) is 109 cm³/mol. The van der Waals surface area contributed by atoms with Crippen LogP contribution in [0.15, 0.2) is 54.6 Å². The number of rotatable bonds is 6. The van der Waals surface area contributed by atoms with E-state index >= 15 is 0 Å². The molecule has 1 aliphatic rings. The Labute approximate surface area is 166 Å². The molecule has 1 saturated heterocycles. The van der Waals surface area contributed by atoms with E-state index in [0.29, 0.717) is 17.2 Å². The maximum absolute atomic E-state index is 13.0. The van der Waals surface area contributed by atoms with Crippen molar-refractivity contribution in [3.63, 3.8) is 0 Å². The molecule has 5 heteroatoms. The molecule has 0 aliphatic carbocycles. The predicted octanol–water partition coefficient (Wildman–Crippen LogP) is 3.25. The van der Waals surface area contributed by atoms with Gasteiger partial charge >= 0.3 is 0 Å².